The van der Waals surface area contributed by atoms with Crippen LogP contribution >= 0.6 is 11.6 Å². The molecule has 1 saturated heterocycles. The fourth-order valence-electron chi connectivity index (χ4n) is 3.87. The number of hydrogen-bond donors (Lipinski definition) is 1. The van der Waals surface area contributed by atoms with Gasteiger partial charge in [-0.3, -0.25) is 4.57 Å². The minimum atomic E-state index is -1.87. The van der Waals surface area contributed by atoms with Crippen LogP contribution in [-0.4, -0.2) is 56.4 Å². The van der Waals surface area contributed by atoms with Crippen LogP contribution in [0.3, 0.4) is 0 Å². The van der Waals surface area contributed by atoms with Gasteiger partial charge in [-0.1, -0.05) is 36.4 Å². The van der Waals surface area contributed by atoms with Gasteiger partial charge in [0.15, 0.2) is 30.0 Å². The van der Waals surface area contributed by atoms with Crippen LogP contribution in [0.25, 0.3) is 11.2 Å². The van der Waals surface area contributed by atoms with Gasteiger partial charge in [-0.2, -0.15) is 9.97 Å². The van der Waals surface area contributed by atoms with Gasteiger partial charge in [-0.25, -0.2) is 19.0 Å². The van der Waals surface area contributed by atoms with Crippen molar-refractivity contribution in [3.05, 3.63) is 83.4 Å². The number of anilines is 1. The van der Waals surface area contributed by atoms with E-state index in [0.29, 0.717) is 5.56 Å². The first kappa shape index (κ1) is 23.6. The smallest absolute Gasteiger partial charge is 0.338 e. The summed E-state index contributed by atoms with van der Waals surface area (Å²) in [6, 6.07) is 16.4. The fourth-order valence-corrected chi connectivity index (χ4v) is 4.04. The summed E-state index contributed by atoms with van der Waals surface area (Å²) in [5, 5.41) is -0.157. The van der Waals surface area contributed by atoms with E-state index in [1.165, 1.54) is 10.9 Å². The van der Waals surface area contributed by atoms with Crippen molar-refractivity contribution in [2.75, 3.05) is 12.3 Å². The van der Waals surface area contributed by atoms with Crippen molar-refractivity contribution in [2.45, 2.75) is 24.6 Å². The van der Waals surface area contributed by atoms with E-state index < -0.39 is 36.5 Å². The summed E-state index contributed by atoms with van der Waals surface area (Å²) in [4.78, 5) is 37.2. The molecule has 2 N–H and O–H groups in total. The zero-order chi connectivity index (χ0) is 25.2. The highest BCUT2D eigenvalue weighted by Gasteiger charge is 2.50. The van der Waals surface area contributed by atoms with Crippen molar-refractivity contribution in [3.63, 3.8) is 0 Å². The van der Waals surface area contributed by atoms with Crippen molar-refractivity contribution < 1.29 is 28.2 Å². The van der Waals surface area contributed by atoms with E-state index in [0.717, 1.165) is 0 Å². The lowest BCUT2D eigenvalue weighted by molar-refractivity contribution is -0.0570. The summed E-state index contributed by atoms with van der Waals surface area (Å²) >= 11 is 5.93. The fraction of sp³-hybridized carbons (Fsp3) is 0.208. The summed E-state index contributed by atoms with van der Waals surface area (Å²) in [7, 11) is 0. The maximum Gasteiger partial charge on any atom is 0.338 e. The molecule has 0 aliphatic carbocycles. The second-order valence-corrected chi connectivity index (χ2v) is 8.25. The van der Waals surface area contributed by atoms with Crippen LogP contribution in [0.4, 0.5) is 10.2 Å². The van der Waals surface area contributed by atoms with Gasteiger partial charge < -0.3 is 19.9 Å². The molecule has 4 atom stereocenters. The van der Waals surface area contributed by atoms with Gasteiger partial charge >= 0.3 is 11.9 Å². The zero-order valence-electron chi connectivity index (χ0n) is 18.5. The molecule has 1 aliphatic rings. The number of ether oxygens (including phenoxy) is 3. The summed E-state index contributed by atoms with van der Waals surface area (Å²) in [5.74, 6) is -1.37. The van der Waals surface area contributed by atoms with E-state index in [4.69, 9.17) is 31.5 Å². The van der Waals surface area contributed by atoms with Crippen molar-refractivity contribution in [1.82, 2.24) is 19.5 Å². The Labute approximate surface area is 208 Å². The van der Waals surface area contributed by atoms with Crippen LogP contribution < -0.4 is 5.73 Å². The topological polar surface area (TPSA) is 131 Å². The molecule has 2 aromatic heterocycles. The number of esters is 2. The molecular weight excluding hydrogens is 493 g/mol. The van der Waals surface area contributed by atoms with E-state index >= 15 is 4.39 Å². The van der Waals surface area contributed by atoms with Crippen LogP contribution in [0.2, 0.25) is 5.28 Å². The quantitative estimate of drug-likeness (QED) is 0.305. The van der Waals surface area contributed by atoms with Gasteiger partial charge in [0, 0.05) is 0 Å². The molecule has 1 fully saturated rings. The third-order valence-corrected chi connectivity index (χ3v) is 5.77. The van der Waals surface area contributed by atoms with Crippen molar-refractivity contribution in [2.24, 2.45) is 0 Å². The first-order valence-corrected chi connectivity index (χ1v) is 11.2. The number of nitrogen functional groups attached to an aromatic ring is 1. The number of fused-ring (bicyclic) bond motifs is 1. The monoisotopic (exact) mass is 511 g/mol. The maximum absolute atomic E-state index is 15.8. The first-order valence-electron chi connectivity index (χ1n) is 10.9. The molecule has 0 spiro atoms. The number of nitrogens with zero attached hydrogens (tertiary/aromatic N) is 4. The highest BCUT2D eigenvalue weighted by Crippen LogP contribution is 2.36. The lowest BCUT2D eigenvalue weighted by atomic mass is 10.1. The zero-order valence-corrected chi connectivity index (χ0v) is 19.3. The number of hydrogen-bond acceptors (Lipinski definition) is 9. The SMILES string of the molecule is Nc1nc(Cl)nc2c1ncn2[C@@H]1O[C@H](COC(=O)c2ccccc2)C(OC(=O)c2ccccc2)C1F. The van der Waals surface area contributed by atoms with Crippen molar-refractivity contribution in [1.29, 1.82) is 0 Å². The average Bonchev–Trinajstić information content (AvgIpc) is 3.44. The lowest BCUT2D eigenvalue weighted by Gasteiger charge is -2.19. The van der Waals surface area contributed by atoms with E-state index in [1.807, 2.05) is 0 Å². The number of carbonyl (C=O) groups is 2. The Kier molecular flexibility index (Phi) is 6.49. The highest BCUT2D eigenvalue weighted by molar-refractivity contribution is 6.28. The predicted octanol–water partition coefficient (Wildman–Crippen LogP) is 3.38. The minimum Gasteiger partial charge on any atom is -0.459 e. The number of carbonyl (C=O) groups excluding carboxylic acids is 2. The summed E-state index contributed by atoms with van der Waals surface area (Å²) in [6.07, 6.45) is -4.45. The summed E-state index contributed by atoms with van der Waals surface area (Å²) in [6.45, 7) is -0.373. The molecule has 2 aromatic carbocycles. The number of imidazole rings is 1. The van der Waals surface area contributed by atoms with Crippen molar-refractivity contribution in [3.8, 4) is 0 Å². The number of alkyl halides is 1. The molecule has 12 heteroatoms. The third kappa shape index (κ3) is 4.58. The summed E-state index contributed by atoms with van der Waals surface area (Å²) < 4.78 is 33.9. The molecule has 0 amide bonds. The Morgan fingerprint density at radius 2 is 1.67 bits per heavy atom. The van der Waals surface area contributed by atoms with Gasteiger partial charge in [0.1, 0.15) is 18.2 Å². The summed E-state index contributed by atoms with van der Waals surface area (Å²) in [5.41, 5.74) is 6.73. The van der Waals surface area contributed by atoms with Crippen LogP contribution in [0.1, 0.15) is 26.9 Å². The Morgan fingerprint density at radius 3 is 2.33 bits per heavy atom. The molecule has 3 heterocycles. The normalized spacial score (nSPS) is 21.4. The predicted molar refractivity (Wildman–Crippen MR) is 126 cm³/mol. The van der Waals surface area contributed by atoms with E-state index in [-0.39, 0.29) is 34.4 Å². The number of benzene rings is 2. The van der Waals surface area contributed by atoms with Crippen LogP contribution in [0, 0.1) is 0 Å². The van der Waals surface area contributed by atoms with Gasteiger partial charge in [0.25, 0.3) is 0 Å². The molecule has 4 aromatic rings. The van der Waals surface area contributed by atoms with Crippen LogP contribution in [0.15, 0.2) is 67.0 Å². The minimum absolute atomic E-state index is 0.0116. The molecule has 0 bridgehead atoms. The van der Waals surface area contributed by atoms with E-state index in [1.54, 1.807) is 60.7 Å². The second-order valence-electron chi connectivity index (χ2n) is 7.91. The van der Waals surface area contributed by atoms with Crippen molar-refractivity contribution >= 4 is 40.5 Å². The third-order valence-electron chi connectivity index (χ3n) is 5.60. The van der Waals surface area contributed by atoms with Crippen LogP contribution in [-0.2, 0) is 14.2 Å². The number of aromatic nitrogens is 4. The highest BCUT2D eigenvalue weighted by atomic mass is 35.5. The Hall–Kier alpha value is -4.09. The molecular formula is C24H19ClFN5O5. The molecule has 10 nitrogen and oxygen atoms in total. The van der Waals surface area contributed by atoms with E-state index in [2.05, 4.69) is 15.0 Å². The standard InChI is InChI=1S/C24H19ClFN5O5/c25-24-29-19(27)17-20(30-24)31(12-28-17)21-16(26)18(36-23(33)14-9-5-2-6-10-14)15(35-21)11-34-22(32)13-7-3-1-4-8-13/h1-10,12,15-16,18,21H,11H2,(H2,27,29,30)/t15-,16?,18?,21-/m1/s1. The molecule has 36 heavy (non-hydrogen) atoms. The van der Waals surface area contributed by atoms with Crippen LogP contribution in [0.5, 0.6) is 0 Å². The molecule has 0 saturated carbocycles. The van der Waals surface area contributed by atoms with Gasteiger partial charge in [0.05, 0.1) is 17.5 Å². The van der Waals surface area contributed by atoms with Gasteiger partial charge in [-0.05, 0) is 35.9 Å². The molecule has 2 unspecified atom stereocenters. The Bertz CT molecular complexity index is 1400. The Balaban J connectivity index is 1.42. The largest absolute Gasteiger partial charge is 0.459 e. The maximum atomic E-state index is 15.8. The second kappa shape index (κ2) is 9.88. The van der Waals surface area contributed by atoms with Gasteiger partial charge in [0.2, 0.25) is 5.28 Å². The average molecular weight is 512 g/mol. The first-order chi connectivity index (χ1) is 17.4. The lowest BCUT2D eigenvalue weighted by Crippen LogP contribution is -2.37. The number of nitrogens with two attached hydrogens (primary N) is 1. The number of rotatable bonds is 6. The number of halogens is 2. The van der Waals surface area contributed by atoms with E-state index in [9.17, 15) is 9.59 Å². The molecule has 184 valence electrons. The molecule has 1 aliphatic heterocycles. The molecule has 5 rings (SSSR count). The van der Waals surface area contributed by atoms with Gasteiger partial charge in [-0.15, -0.1) is 0 Å². The Morgan fingerprint density at radius 1 is 1.03 bits per heavy atom. The molecule has 0 radical (unpaired) electrons.